The van der Waals surface area contributed by atoms with E-state index in [-0.39, 0.29) is 11.3 Å². The highest BCUT2D eigenvalue weighted by atomic mass is 19.1. The van der Waals surface area contributed by atoms with Crippen molar-refractivity contribution in [1.29, 1.82) is 0 Å². The van der Waals surface area contributed by atoms with E-state index in [1.807, 2.05) is 0 Å². The molecule has 0 saturated heterocycles. The lowest BCUT2D eigenvalue weighted by Gasteiger charge is -2.29. The van der Waals surface area contributed by atoms with Gasteiger partial charge in [0.25, 0.3) is 5.91 Å². The SMILES string of the molecule is CC(O)C(C)(C)NC(=O)c1ccc(N)cc1F. The second kappa shape index (κ2) is 4.71. The maximum absolute atomic E-state index is 13.5. The largest absolute Gasteiger partial charge is 0.399 e. The van der Waals surface area contributed by atoms with E-state index < -0.39 is 23.4 Å². The fourth-order valence-corrected chi connectivity index (χ4v) is 1.18. The van der Waals surface area contributed by atoms with Crippen molar-refractivity contribution in [3.8, 4) is 0 Å². The summed E-state index contributed by atoms with van der Waals surface area (Å²) in [4.78, 5) is 11.8. The van der Waals surface area contributed by atoms with Gasteiger partial charge in [0.2, 0.25) is 0 Å². The minimum Gasteiger partial charge on any atom is -0.399 e. The Bertz CT molecular complexity index is 431. The molecule has 4 N–H and O–H groups in total. The average molecular weight is 240 g/mol. The molecule has 0 aliphatic carbocycles. The summed E-state index contributed by atoms with van der Waals surface area (Å²) >= 11 is 0. The first-order chi connectivity index (χ1) is 7.74. The zero-order valence-corrected chi connectivity index (χ0v) is 10.1. The highest BCUT2D eigenvalue weighted by Gasteiger charge is 2.27. The fraction of sp³-hybridized carbons (Fsp3) is 0.417. The molecule has 94 valence electrons. The Labute approximate surface area is 99.6 Å². The minimum atomic E-state index is -0.828. The summed E-state index contributed by atoms with van der Waals surface area (Å²) in [6.45, 7) is 4.87. The Kier molecular flexibility index (Phi) is 3.72. The van der Waals surface area contributed by atoms with Crippen LogP contribution in [-0.2, 0) is 0 Å². The molecule has 0 radical (unpaired) electrons. The van der Waals surface area contributed by atoms with Crippen molar-refractivity contribution in [2.45, 2.75) is 32.4 Å². The van der Waals surface area contributed by atoms with Gasteiger partial charge in [-0.3, -0.25) is 4.79 Å². The summed E-state index contributed by atoms with van der Waals surface area (Å²) in [5.41, 5.74) is 4.73. The van der Waals surface area contributed by atoms with Crippen molar-refractivity contribution in [2.24, 2.45) is 0 Å². The molecule has 5 heteroatoms. The number of halogens is 1. The van der Waals surface area contributed by atoms with E-state index in [9.17, 15) is 14.3 Å². The molecule has 1 aromatic carbocycles. The third kappa shape index (κ3) is 3.17. The van der Waals surface area contributed by atoms with Crippen LogP contribution in [0.25, 0.3) is 0 Å². The van der Waals surface area contributed by atoms with Crippen LogP contribution in [0.1, 0.15) is 31.1 Å². The van der Waals surface area contributed by atoms with Gasteiger partial charge in [-0.15, -0.1) is 0 Å². The van der Waals surface area contributed by atoms with Gasteiger partial charge in [0.1, 0.15) is 5.82 Å². The van der Waals surface area contributed by atoms with Gasteiger partial charge in [0, 0.05) is 5.69 Å². The smallest absolute Gasteiger partial charge is 0.254 e. The molecule has 0 bridgehead atoms. The minimum absolute atomic E-state index is 0.0899. The Hall–Kier alpha value is -1.62. The first-order valence-electron chi connectivity index (χ1n) is 5.29. The Morgan fingerprint density at radius 3 is 2.59 bits per heavy atom. The maximum atomic E-state index is 13.5. The first-order valence-corrected chi connectivity index (χ1v) is 5.29. The standard InChI is InChI=1S/C12H17FN2O2/c1-7(16)12(2,3)15-11(17)9-5-4-8(14)6-10(9)13/h4-7,16H,14H2,1-3H3,(H,15,17). The van der Waals surface area contributed by atoms with Crippen LogP contribution in [0.2, 0.25) is 0 Å². The molecule has 0 heterocycles. The molecule has 1 unspecified atom stereocenters. The topological polar surface area (TPSA) is 75.3 Å². The van der Waals surface area contributed by atoms with E-state index >= 15 is 0 Å². The number of benzene rings is 1. The molecular formula is C12H17FN2O2. The van der Waals surface area contributed by atoms with Crippen LogP contribution in [0.4, 0.5) is 10.1 Å². The van der Waals surface area contributed by atoms with Crippen molar-refractivity contribution in [2.75, 3.05) is 5.73 Å². The highest BCUT2D eigenvalue weighted by Crippen LogP contribution is 2.14. The van der Waals surface area contributed by atoms with Crippen molar-refractivity contribution >= 4 is 11.6 Å². The molecule has 1 atom stereocenters. The highest BCUT2D eigenvalue weighted by molar-refractivity contribution is 5.95. The normalized spacial score (nSPS) is 13.2. The molecule has 0 aliphatic heterocycles. The second-order valence-electron chi connectivity index (χ2n) is 4.59. The van der Waals surface area contributed by atoms with Crippen molar-refractivity contribution in [1.82, 2.24) is 5.32 Å². The third-order valence-corrected chi connectivity index (χ3v) is 2.72. The summed E-state index contributed by atoms with van der Waals surface area (Å²) in [6, 6.07) is 3.86. The van der Waals surface area contributed by atoms with Crippen LogP contribution >= 0.6 is 0 Å². The third-order valence-electron chi connectivity index (χ3n) is 2.72. The number of carbonyl (C=O) groups excluding carboxylic acids is 1. The molecule has 4 nitrogen and oxygen atoms in total. The van der Waals surface area contributed by atoms with Gasteiger partial charge < -0.3 is 16.2 Å². The number of nitrogens with one attached hydrogen (secondary N) is 1. The number of rotatable bonds is 3. The van der Waals surface area contributed by atoms with E-state index in [0.29, 0.717) is 0 Å². The van der Waals surface area contributed by atoms with E-state index in [2.05, 4.69) is 5.32 Å². The molecular weight excluding hydrogens is 223 g/mol. The summed E-state index contributed by atoms with van der Waals surface area (Å²) in [7, 11) is 0. The van der Waals surface area contributed by atoms with Gasteiger partial charge >= 0.3 is 0 Å². The summed E-state index contributed by atoms with van der Waals surface area (Å²) < 4.78 is 13.5. The lowest BCUT2D eigenvalue weighted by molar-refractivity contribution is 0.0706. The number of hydrogen-bond acceptors (Lipinski definition) is 3. The first kappa shape index (κ1) is 13.4. The van der Waals surface area contributed by atoms with Crippen LogP contribution in [-0.4, -0.2) is 22.7 Å². The number of amides is 1. The number of carbonyl (C=O) groups is 1. The van der Waals surface area contributed by atoms with Crippen molar-refractivity contribution in [3.05, 3.63) is 29.6 Å². The van der Waals surface area contributed by atoms with E-state index in [4.69, 9.17) is 5.73 Å². The number of aliphatic hydroxyl groups is 1. The van der Waals surface area contributed by atoms with Gasteiger partial charge in [-0.2, -0.15) is 0 Å². The summed E-state index contributed by atoms with van der Waals surface area (Å²) in [5.74, 6) is -1.25. The van der Waals surface area contributed by atoms with Crippen LogP contribution in [0.5, 0.6) is 0 Å². The molecule has 1 aromatic rings. The van der Waals surface area contributed by atoms with Gasteiger partial charge in [-0.05, 0) is 39.0 Å². The Balaban J connectivity index is 2.91. The molecule has 0 spiro atoms. The van der Waals surface area contributed by atoms with Crippen LogP contribution in [0.15, 0.2) is 18.2 Å². The van der Waals surface area contributed by atoms with Gasteiger partial charge in [-0.25, -0.2) is 4.39 Å². The lowest BCUT2D eigenvalue weighted by atomic mass is 9.98. The Morgan fingerprint density at radius 2 is 2.12 bits per heavy atom. The molecule has 0 aliphatic rings. The molecule has 1 amide bonds. The predicted molar refractivity (Wildman–Crippen MR) is 64.0 cm³/mol. The van der Waals surface area contributed by atoms with E-state index in [1.54, 1.807) is 20.8 Å². The number of nitrogens with two attached hydrogens (primary N) is 1. The monoisotopic (exact) mass is 240 g/mol. The quantitative estimate of drug-likeness (QED) is 0.697. The predicted octanol–water partition coefficient (Wildman–Crippen LogP) is 1.30. The van der Waals surface area contributed by atoms with Crippen LogP contribution in [0, 0.1) is 5.82 Å². The lowest BCUT2D eigenvalue weighted by Crippen LogP contribution is -2.51. The second-order valence-corrected chi connectivity index (χ2v) is 4.59. The van der Waals surface area contributed by atoms with Gasteiger partial charge in [-0.1, -0.05) is 0 Å². The van der Waals surface area contributed by atoms with E-state index in [0.717, 1.165) is 6.07 Å². The Morgan fingerprint density at radius 1 is 1.53 bits per heavy atom. The molecule has 0 fully saturated rings. The number of aliphatic hydroxyl groups excluding tert-OH is 1. The summed E-state index contributed by atoms with van der Waals surface area (Å²) in [6.07, 6.45) is -0.747. The van der Waals surface area contributed by atoms with Crippen LogP contribution < -0.4 is 11.1 Å². The number of nitrogen functional groups attached to an aromatic ring is 1. The zero-order valence-electron chi connectivity index (χ0n) is 10.1. The van der Waals surface area contributed by atoms with Gasteiger partial charge in [0.05, 0.1) is 17.2 Å². The fourth-order valence-electron chi connectivity index (χ4n) is 1.18. The van der Waals surface area contributed by atoms with Crippen LogP contribution in [0.3, 0.4) is 0 Å². The van der Waals surface area contributed by atoms with Gasteiger partial charge in [0.15, 0.2) is 0 Å². The molecule has 1 rings (SSSR count). The van der Waals surface area contributed by atoms with E-state index in [1.165, 1.54) is 12.1 Å². The summed E-state index contributed by atoms with van der Waals surface area (Å²) in [5, 5.41) is 12.0. The van der Waals surface area contributed by atoms with Crippen molar-refractivity contribution in [3.63, 3.8) is 0 Å². The number of anilines is 1. The zero-order chi connectivity index (χ0) is 13.2. The molecule has 17 heavy (non-hydrogen) atoms. The average Bonchev–Trinajstić information content (AvgIpc) is 2.15. The maximum Gasteiger partial charge on any atom is 0.254 e. The number of hydrogen-bond donors (Lipinski definition) is 3. The molecule has 0 saturated carbocycles. The van der Waals surface area contributed by atoms with Crippen molar-refractivity contribution < 1.29 is 14.3 Å². The molecule has 0 aromatic heterocycles.